The van der Waals surface area contributed by atoms with Crippen LogP contribution in [-0.4, -0.2) is 31.8 Å². The third-order valence-corrected chi connectivity index (χ3v) is 2.51. The van der Waals surface area contributed by atoms with Crippen LogP contribution in [0.15, 0.2) is 18.2 Å². The number of nitrogens with one attached hydrogen (secondary N) is 1. The van der Waals surface area contributed by atoms with Gasteiger partial charge < -0.3 is 14.8 Å². The number of ether oxygens (including phenoxy) is 2. The Morgan fingerprint density at radius 3 is 2.90 bits per heavy atom. The van der Waals surface area contributed by atoms with Gasteiger partial charge in [0.05, 0.1) is 11.5 Å². The van der Waals surface area contributed by atoms with Crippen molar-refractivity contribution in [1.82, 2.24) is 5.32 Å². The molecule has 0 aliphatic rings. The first kappa shape index (κ1) is 16.0. The van der Waals surface area contributed by atoms with Gasteiger partial charge in [0.25, 0.3) is 0 Å². The predicted octanol–water partition coefficient (Wildman–Crippen LogP) is 1.73. The first-order chi connectivity index (χ1) is 9.69. The van der Waals surface area contributed by atoms with Gasteiger partial charge in [-0.25, -0.2) is 0 Å². The van der Waals surface area contributed by atoms with Gasteiger partial charge >= 0.3 is 5.69 Å². The molecule has 0 amide bonds. The van der Waals surface area contributed by atoms with E-state index in [0.717, 1.165) is 5.56 Å². The molecule has 6 nitrogen and oxygen atoms in total. The number of hydrogen-bond acceptors (Lipinski definition) is 5. The summed E-state index contributed by atoms with van der Waals surface area (Å²) in [6.45, 7) is 3.75. The van der Waals surface area contributed by atoms with Crippen LogP contribution in [0.3, 0.4) is 0 Å². The summed E-state index contributed by atoms with van der Waals surface area (Å²) in [5, 5.41) is 14.1. The second kappa shape index (κ2) is 8.91. The van der Waals surface area contributed by atoms with Crippen LogP contribution in [0.5, 0.6) is 5.75 Å². The molecule has 0 saturated heterocycles. The van der Waals surface area contributed by atoms with Gasteiger partial charge in [-0.3, -0.25) is 10.1 Å². The molecule has 0 aliphatic carbocycles. The van der Waals surface area contributed by atoms with Gasteiger partial charge in [-0.2, -0.15) is 0 Å². The number of nitrogens with zero attached hydrogens (tertiary/aromatic N) is 1. The minimum Gasteiger partial charge on any atom is -0.474 e. The average molecular weight is 278 g/mol. The number of nitro groups is 1. The summed E-state index contributed by atoms with van der Waals surface area (Å²) >= 11 is 0. The zero-order chi connectivity index (χ0) is 14.8. The van der Waals surface area contributed by atoms with Crippen molar-refractivity contribution in [3.8, 4) is 17.6 Å². The summed E-state index contributed by atoms with van der Waals surface area (Å²) in [4.78, 5) is 10.5. The highest BCUT2D eigenvalue weighted by molar-refractivity contribution is 5.48. The summed E-state index contributed by atoms with van der Waals surface area (Å²) in [7, 11) is 1.63. The molecule has 0 radical (unpaired) electrons. The van der Waals surface area contributed by atoms with Gasteiger partial charge in [0, 0.05) is 26.3 Å². The maximum Gasteiger partial charge on any atom is 0.310 e. The molecule has 108 valence electrons. The number of methoxy groups -OCH3 is 1. The monoisotopic (exact) mass is 278 g/mol. The van der Waals surface area contributed by atoms with Crippen LogP contribution in [-0.2, 0) is 11.3 Å². The molecular weight excluding hydrogens is 260 g/mol. The highest BCUT2D eigenvalue weighted by atomic mass is 16.6. The van der Waals surface area contributed by atoms with E-state index in [1.165, 1.54) is 6.07 Å². The van der Waals surface area contributed by atoms with E-state index in [4.69, 9.17) is 9.47 Å². The van der Waals surface area contributed by atoms with E-state index >= 15 is 0 Å². The second-order valence-corrected chi connectivity index (χ2v) is 3.94. The maximum absolute atomic E-state index is 10.9. The Kier molecular flexibility index (Phi) is 7.11. The summed E-state index contributed by atoms with van der Waals surface area (Å²) in [6.07, 6.45) is 0. The van der Waals surface area contributed by atoms with E-state index in [0.29, 0.717) is 19.7 Å². The first-order valence-electron chi connectivity index (χ1n) is 6.18. The van der Waals surface area contributed by atoms with Crippen molar-refractivity contribution in [3.05, 3.63) is 33.9 Å². The minimum absolute atomic E-state index is 0.0523. The van der Waals surface area contributed by atoms with Crippen LogP contribution >= 0.6 is 0 Å². The third-order valence-electron chi connectivity index (χ3n) is 2.51. The molecule has 20 heavy (non-hydrogen) atoms. The maximum atomic E-state index is 10.9. The SMILES string of the molecule is CC#CCOc1cc(CNCCOC)ccc1[N+](=O)[O-]. The van der Waals surface area contributed by atoms with Gasteiger partial charge in [0.1, 0.15) is 6.61 Å². The molecule has 1 rings (SSSR count). The van der Waals surface area contributed by atoms with Gasteiger partial charge in [0.15, 0.2) is 5.75 Å². The zero-order valence-electron chi connectivity index (χ0n) is 11.6. The fourth-order valence-corrected chi connectivity index (χ4v) is 1.53. The molecule has 0 saturated carbocycles. The van der Waals surface area contributed by atoms with Gasteiger partial charge in [0.2, 0.25) is 0 Å². The number of benzene rings is 1. The van der Waals surface area contributed by atoms with Crippen LogP contribution in [0.2, 0.25) is 0 Å². The lowest BCUT2D eigenvalue weighted by Gasteiger charge is -2.08. The molecule has 0 atom stereocenters. The molecule has 1 N–H and O–H groups in total. The fourth-order valence-electron chi connectivity index (χ4n) is 1.53. The lowest BCUT2D eigenvalue weighted by Crippen LogP contribution is -2.18. The Morgan fingerprint density at radius 2 is 2.25 bits per heavy atom. The van der Waals surface area contributed by atoms with E-state index in [1.54, 1.807) is 26.2 Å². The second-order valence-electron chi connectivity index (χ2n) is 3.94. The number of hydrogen-bond donors (Lipinski definition) is 1. The van der Waals surface area contributed by atoms with E-state index < -0.39 is 4.92 Å². The molecule has 1 aromatic carbocycles. The zero-order valence-corrected chi connectivity index (χ0v) is 11.6. The van der Waals surface area contributed by atoms with Crippen molar-refractivity contribution in [2.24, 2.45) is 0 Å². The van der Waals surface area contributed by atoms with Crippen LogP contribution < -0.4 is 10.1 Å². The van der Waals surface area contributed by atoms with Crippen LogP contribution in [0.1, 0.15) is 12.5 Å². The van der Waals surface area contributed by atoms with E-state index in [2.05, 4.69) is 17.2 Å². The van der Waals surface area contributed by atoms with Crippen molar-refractivity contribution in [1.29, 1.82) is 0 Å². The van der Waals surface area contributed by atoms with Crippen molar-refractivity contribution >= 4 is 5.69 Å². The Labute approximate surface area is 118 Å². The topological polar surface area (TPSA) is 73.6 Å². The molecular formula is C14H18N2O4. The fraction of sp³-hybridized carbons (Fsp3) is 0.429. The van der Waals surface area contributed by atoms with Crippen molar-refractivity contribution in [2.75, 3.05) is 26.9 Å². The van der Waals surface area contributed by atoms with E-state index in [-0.39, 0.29) is 18.0 Å². The highest BCUT2D eigenvalue weighted by Gasteiger charge is 2.15. The van der Waals surface area contributed by atoms with Crippen molar-refractivity contribution in [2.45, 2.75) is 13.5 Å². The first-order valence-corrected chi connectivity index (χ1v) is 6.18. The molecule has 6 heteroatoms. The Bertz CT molecular complexity index is 506. The molecule has 0 heterocycles. The lowest BCUT2D eigenvalue weighted by atomic mass is 10.2. The lowest BCUT2D eigenvalue weighted by molar-refractivity contribution is -0.385. The molecule has 1 aromatic rings. The number of rotatable bonds is 8. The quantitative estimate of drug-likeness (QED) is 0.339. The van der Waals surface area contributed by atoms with Crippen LogP contribution in [0.4, 0.5) is 5.69 Å². The van der Waals surface area contributed by atoms with Crippen molar-refractivity contribution < 1.29 is 14.4 Å². The van der Waals surface area contributed by atoms with Crippen LogP contribution in [0.25, 0.3) is 0 Å². The third kappa shape index (κ3) is 5.26. The molecule has 0 aliphatic heterocycles. The standard InChI is InChI=1S/C14H18N2O4/c1-3-4-8-20-14-10-12(11-15-7-9-19-2)5-6-13(14)16(17)18/h5-6,10,15H,7-9,11H2,1-2H3. The summed E-state index contributed by atoms with van der Waals surface area (Å²) in [5.41, 5.74) is 0.856. The summed E-state index contributed by atoms with van der Waals surface area (Å²) < 4.78 is 10.3. The molecule has 0 unspecified atom stereocenters. The van der Waals surface area contributed by atoms with Crippen molar-refractivity contribution in [3.63, 3.8) is 0 Å². The summed E-state index contributed by atoms with van der Waals surface area (Å²) in [6, 6.07) is 4.81. The van der Waals surface area contributed by atoms with Gasteiger partial charge in [-0.15, -0.1) is 5.92 Å². The Balaban J connectivity index is 2.74. The van der Waals surface area contributed by atoms with E-state index in [9.17, 15) is 10.1 Å². The van der Waals surface area contributed by atoms with Crippen LogP contribution in [0, 0.1) is 22.0 Å². The van der Waals surface area contributed by atoms with E-state index in [1.807, 2.05) is 0 Å². The normalized spacial score (nSPS) is 9.70. The molecule has 0 aromatic heterocycles. The van der Waals surface area contributed by atoms with Gasteiger partial charge in [-0.05, 0) is 18.6 Å². The average Bonchev–Trinajstić information content (AvgIpc) is 2.44. The Morgan fingerprint density at radius 1 is 1.45 bits per heavy atom. The predicted molar refractivity (Wildman–Crippen MR) is 75.6 cm³/mol. The minimum atomic E-state index is -0.461. The largest absolute Gasteiger partial charge is 0.474 e. The molecule has 0 bridgehead atoms. The molecule has 0 fully saturated rings. The molecule has 0 spiro atoms. The Hall–Kier alpha value is -2.10. The highest BCUT2D eigenvalue weighted by Crippen LogP contribution is 2.27. The smallest absolute Gasteiger partial charge is 0.310 e. The number of nitro benzene ring substituents is 1. The van der Waals surface area contributed by atoms with Gasteiger partial charge in [-0.1, -0.05) is 12.0 Å². The summed E-state index contributed by atoms with van der Waals surface area (Å²) in [5.74, 6) is 5.63.